The molecular formula is C13H14N4O2S. The lowest BCUT2D eigenvalue weighted by Crippen LogP contribution is -2.52. The van der Waals surface area contributed by atoms with Gasteiger partial charge in [-0.15, -0.1) is 0 Å². The van der Waals surface area contributed by atoms with Crippen molar-refractivity contribution in [2.45, 2.75) is 17.9 Å². The first-order valence-electron chi connectivity index (χ1n) is 6.13. The molecular weight excluding hydrogens is 276 g/mol. The number of benzene rings is 1. The first-order chi connectivity index (χ1) is 9.50. The summed E-state index contributed by atoms with van der Waals surface area (Å²) in [6.45, 7) is 2.76. The van der Waals surface area contributed by atoms with Gasteiger partial charge in [-0.3, -0.25) is 0 Å². The molecule has 1 aromatic rings. The third-order valence-electron chi connectivity index (χ3n) is 3.23. The van der Waals surface area contributed by atoms with Crippen molar-refractivity contribution in [2.24, 2.45) is 0 Å². The SMILES string of the molecule is Cc1cc(C#N)ccc1S(=O)(=O)N1CCNCC1C#N. The smallest absolute Gasteiger partial charge is 0.244 e. The number of piperazine rings is 1. The van der Waals surface area contributed by atoms with Crippen LogP contribution in [0.1, 0.15) is 11.1 Å². The van der Waals surface area contributed by atoms with Crippen molar-refractivity contribution in [1.82, 2.24) is 9.62 Å². The van der Waals surface area contributed by atoms with Crippen LogP contribution >= 0.6 is 0 Å². The maximum absolute atomic E-state index is 12.6. The Bertz CT molecular complexity index is 700. The largest absolute Gasteiger partial charge is 0.313 e. The van der Waals surface area contributed by atoms with E-state index in [4.69, 9.17) is 10.5 Å². The number of rotatable bonds is 2. The zero-order valence-corrected chi connectivity index (χ0v) is 11.8. The van der Waals surface area contributed by atoms with E-state index in [-0.39, 0.29) is 11.4 Å². The minimum absolute atomic E-state index is 0.152. The summed E-state index contributed by atoms with van der Waals surface area (Å²) in [4.78, 5) is 0.152. The Morgan fingerprint density at radius 3 is 2.75 bits per heavy atom. The Morgan fingerprint density at radius 2 is 2.15 bits per heavy atom. The second kappa shape index (κ2) is 5.59. The van der Waals surface area contributed by atoms with Crippen molar-refractivity contribution in [3.8, 4) is 12.1 Å². The van der Waals surface area contributed by atoms with E-state index in [1.807, 2.05) is 12.1 Å². The number of nitriles is 2. The van der Waals surface area contributed by atoms with Gasteiger partial charge in [-0.05, 0) is 30.7 Å². The third kappa shape index (κ3) is 2.52. The topological polar surface area (TPSA) is 97.0 Å². The summed E-state index contributed by atoms with van der Waals surface area (Å²) in [5.41, 5.74) is 0.929. The van der Waals surface area contributed by atoms with E-state index in [9.17, 15) is 8.42 Å². The van der Waals surface area contributed by atoms with E-state index in [1.54, 1.807) is 6.92 Å². The van der Waals surface area contributed by atoms with Gasteiger partial charge in [0.05, 0.1) is 22.6 Å². The lowest BCUT2D eigenvalue weighted by atomic mass is 10.2. The Kier molecular flexibility index (Phi) is 4.05. The highest BCUT2D eigenvalue weighted by atomic mass is 32.2. The van der Waals surface area contributed by atoms with Gasteiger partial charge < -0.3 is 5.32 Å². The van der Waals surface area contributed by atoms with Gasteiger partial charge in [-0.2, -0.15) is 14.8 Å². The van der Waals surface area contributed by atoms with E-state index < -0.39 is 16.1 Å². The average molecular weight is 290 g/mol. The zero-order chi connectivity index (χ0) is 14.8. The highest BCUT2D eigenvalue weighted by molar-refractivity contribution is 7.89. The van der Waals surface area contributed by atoms with Crippen molar-refractivity contribution >= 4 is 10.0 Å². The molecule has 1 heterocycles. The molecule has 1 fully saturated rings. The number of hydrogen-bond acceptors (Lipinski definition) is 5. The van der Waals surface area contributed by atoms with Gasteiger partial charge in [0.1, 0.15) is 6.04 Å². The summed E-state index contributed by atoms with van der Waals surface area (Å²) in [7, 11) is -3.72. The Labute approximate surface area is 118 Å². The number of aryl methyl sites for hydroxylation is 1. The molecule has 1 unspecified atom stereocenters. The summed E-state index contributed by atoms with van der Waals surface area (Å²) < 4.78 is 26.5. The van der Waals surface area contributed by atoms with Crippen LogP contribution in [-0.2, 0) is 10.0 Å². The number of nitrogens with one attached hydrogen (secondary N) is 1. The van der Waals surface area contributed by atoms with Crippen molar-refractivity contribution in [3.05, 3.63) is 29.3 Å². The summed E-state index contributed by atoms with van der Waals surface area (Å²) in [6, 6.07) is 7.72. The lowest BCUT2D eigenvalue weighted by molar-refractivity contribution is 0.311. The first-order valence-corrected chi connectivity index (χ1v) is 7.57. The van der Waals surface area contributed by atoms with E-state index in [1.165, 1.54) is 22.5 Å². The molecule has 1 aliphatic heterocycles. The minimum Gasteiger partial charge on any atom is -0.313 e. The average Bonchev–Trinajstić information content (AvgIpc) is 2.46. The van der Waals surface area contributed by atoms with Crippen LogP contribution in [0.25, 0.3) is 0 Å². The molecule has 1 aromatic carbocycles. The molecule has 0 radical (unpaired) electrons. The summed E-state index contributed by atoms with van der Waals surface area (Å²) in [6.07, 6.45) is 0. The fraction of sp³-hybridized carbons (Fsp3) is 0.385. The molecule has 0 saturated carbocycles. The summed E-state index contributed by atoms with van der Waals surface area (Å²) >= 11 is 0. The Morgan fingerprint density at radius 1 is 1.40 bits per heavy atom. The van der Waals surface area contributed by atoms with Gasteiger partial charge in [0, 0.05) is 19.6 Å². The van der Waals surface area contributed by atoms with Crippen LogP contribution < -0.4 is 5.32 Å². The van der Waals surface area contributed by atoms with Gasteiger partial charge in [-0.25, -0.2) is 8.42 Å². The quantitative estimate of drug-likeness (QED) is 0.847. The van der Waals surface area contributed by atoms with E-state index in [0.717, 1.165) is 0 Å². The van der Waals surface area contributed by atoms with Gasteiger partial charge in [0.15, 0.2) is 0 Å². The van der Waals surface area contributed by atoms with E-state index in [2.05, 4.69) is 5.32 Å². The van der Waals surface area contributed by atoms with Crippen LogP contribution in [0.15, 0.2) is 23.1 Å². The highest BCUT2D eigenvalue weighted by Crippen LogP contribution is 2.23. The molecule has 2 rings (SSSR count). The maximum Gasteiger partial charge on any atom is 0.244 e. The third-order valence-corrected chi connectivity index (χ3v) is 5.30. The molecule has 104 valence electrons. The Balaban J connectivity index is 2.45. The van der Waals surface area contributed by atoms with E-state index >= 15 is 0 Å². The van der Waals surface area contributed by atoms with Crippen molar-refractivity contribution in [3.63, 3.8) is 0 Å². The van der Waals surface area contributed by atoms with Gasteiger partial charge in [-0.1, -0.05) is 0 Å². The molecule has 0 spiro atoms. The molecule has 1 aliphatic rings. The first kappa shape index (κ1) is 14.5. The van der Waals surface area contributed by atoms with Crippen LogP contribution in [0.3, 0.4) is 0 Å². The molecule has 20 heavy (non-hydrogen) atoms. The molecule has 1 atom stereocenters. The normalized spacial score (nSPS) is 20.1. The van der Waals surface area contributed by atoms with Crippen LogP contribution in [-0.4, -0.2) is 38.4 Å². The van der Waals surface area contributed by atoms with Crippen LogP contribution in [0.5, 0.6) is 0 Å². The summed E-state index contributed by atoms with van der Waals surface area (Å²) in [5, 5.41) is 20.9. The molecule has 6 nitrogen and oxygen atoms in total. The molecule has 0 bridgehead atoms. The molecule has 0 amide bonds. The van der Waals surface area contributed by atoms with Crippen LogP contribution in [0.2, 0.25) is 0 Å². The van der Waals surface area contributed by atoms with Gasteiger partial charge in [0.25, 0.3) is 0 Å². The van der Waals surface area contributed by atoms with Crippen molar-refractivity contribution < 1.29 is 8.42 Å². The fourth-order valence-corrected chi connectivity index (χ4v) is 3.96. The Hall–Kier alpha value is -1.93. The van der Waals surface area contributed by atoms with Crippen molar-refractivity contribution in [2.75, 3.05) is 19.6 Å². The van der Waals surface area contributed by atoms with Crippen LogP contribution in [0.4, 0.5) is 0 Å². The lowest BCUT2D eigenvalue weighted by Gasteiger charge is -2.31. The summed E-state index contributed by atoms with van der Waals surface area (Å²) in [5.74, 6) is 0. The highest BCUT2D eigenvalue weighted by Gasteiger charge is 2.34. The fourth-order valence-electron chi connectivity index (χ4n) is 2.22. The number of hydrogen-bond donors (Lipinski definition) is 1. The molecule has 1 saturated heterocycles. The number of sulfonamides is 1. The van der Waals surface area contributed by atoms with Crippen molar-refractivity contribution in [1.29, 1.82) is 10.5 Å². The van der Waals surface area contributed by atoms with Gasteiger partial charge in [0.2, 0.25) is 10.0 Å². The second-order valence-electron chi connectivity index (χ2n) is 4.56. The predicted molar refractivity (Wildman–Crippen MR) is 72.1 cm³/mol. The molecule has 0 aliphatic carbocycles. The second-order valence-corrected chi connectivity index (χ2v) is 6.42. The zero-order valence-electron chi connectivity index (χ0n) is 11.0. The predicted octanol–water partition coefficient (Wildman–Crippen LogP) is 0.353. The standard InChI is InChI=1S/C13H14N4O2S/c1-10-6-11(7-14)2-3-13(10)20(18,19)17-5-4-16-9-12(17)8-15/h2-3,6,12,16H,4-5,9H2,1H3. The molecule has 7 heteroatoms. The monoisotopic (exact) mass is 290 g/mol. The van der Waals surface area contributed by atoms with Crippen LogP contribution in [0, 0.1) is 29.6 Å². The van der Waals surface area contributed by atoms with Gasteiger partial charge >= 0.3 is 0 Å². The van der Waals surface area contributed by atoms with E-state index in [0.29, 0.717) is 24.2 Å². The minimum atomic E-state index is -3.72. The molecule has 1 N–H and O–H groups in total. The maximum atomic E-state index is 12.6. The molecule has 0 aromatic heterocycles. The number of nitrogens with zero attached hydrogens (tertiary/aromatic N) is 3.